The highest BCUT2D eigenvalue weighted by Gasteiger charge is 2.21. The number of fused-ring (bicyclic) bond motifs is 1. The lowest BCUT2D eigenvalue weighted by Crippen LogP contribution is -2.24. The highest BCUT2D eigenvalue weighted by atomic mass is 19.1. The molecule has 0 spiro atoms. The van der Waals surface area contributed by atoms with Crippen molar-refractivity contribution in [2.24, 2.45) is 5.92 Å². The van der Waals surface area contributed by atoms with E-state index in [1.54, 1.807) is 12.1 Å². The van der Waals surface area contributed by atoms with Crippen LogP contribution in [0.15, 0.2) is 48.7 Å². The zero-order valence-electron chi connectivity index (χ0n) is 16.5. The number of pyridine rings is 1. The molecule has 3 aromatic rings. The van der Waals surface area contributed by atoms with Crippen LogP contribution in [0.1, 0.15) is 54.6 Å². The van der Waals surface area contributed by atoms with Crippen molar-refractivity contribution in [3.05, 3.63) is 76.5 Å². The number of hydrogen-bond acceptors (Lipinski definition) is 2. The average molecular weight is 378 g/mol. The van der Waals surface area contributed by atoms with Gasteiger partial charge in [0.2, 0.25) is 0 Å². The van der Waals surface area contributed by atoms with Crippen LogP contribution in [-0.2, 0) is 12.8 Å². The Balaban J connectivity index is 1.83. The van der Waals surface area contributed by atoms with Crippen molar-refractivity contribution in [2.45, 2.75) is 46.0 Å². The van der Waals surface area contributed by atoms with E-state index < -0.39 is 5.82 Å². The van der Waals surface area contributed by atoms with Crippen LogP contribution in [0.3, 0.4) is 0 Å². The molecule has 28 heavy (non-hydrogen) atoms. The largest absolute Gasteiger partial charge is 0.358 e. The summed E-state index contributed by atoms with van der Waals surface area (Å²) in [6, 6.07) is 13.1. The summed E-state index contributed by atoms with van der Waals surface area (Å²) in [5.74, 6) is -0.685. The molecular formula is C24H27FN2O. The first-order valence-electron chi connectivity index (χ1n) is 10.0. The quantitative estimate of drug-likeness (QED) is 0.494. The molecule has 1 heterocycles. The van der Waals surface area contributed by atoms with Crippen molar-refractivity contribution in [1.82, 2.24) is 4.98 Å². The number of nitrogens with one attached hydrogen (secondary N) is 2. The standard InChI is InChI=1S/C24H27FN2O/c1-3-5-7-16-10-12-17(13-11-16)14-18(4-2)24(28)20-15-27-23-19(22(20)26)8-6-9-21(23)25/h6,8-13,15,18H,3-5,7,14H2,1-2H3,(H2,26,27). The smallest absolute Gasteiger partial charge is 0.169 e. The fourth-order valence-corrected chi connectivity index (χ4v) is 3.58. The molecule has 4 heteroatoms. The van der Waals surface area contributed by atoms with Crippen molar-refractivity contribution < 1.29 is 9.18 Å². The van der Waals surface area contributed by atoms with Crippen molar-refractivity contribution >= 4 is 16.7 Å². The van der Waals surface area contributed by atoms with E-state index in [4.69, 9.17) is 5.41 Å². The molecule has 2 N–H and O–H groups in total. The predicted octanol–water partition coefficient (Wildman–Crippen LogP) is 5.58. The number of H-pyrrole nitrogens is 1. The van der Waals surface area contributed by atoms with Gasteiger partial charge in [-0.1, -0.05) is 56.7 Å². The summed E-state index contributed by atoms with van der Waals surface area (Å²) in [7, 11) is 0. The Hall–Kier alpha value is -2.75. The highest BCUT2D eigenvalue weighted by Crippen LogP contribution is 2.19. The number of carbonyl (C=O) groups excluding carboxylic acids is 1. The molecule has 0 saturated carbocycles. The SMILES string of the molecule is CCCCc1ccc(CC(CC)C(=O)c2c[nH]c3c(F)cccc3c2=N)cc1. The van der Waals surface area contributed by atoms with Crippen LogP contribution < -0.4 is 5.36 Å². The number of unbranched alkanes of at least 4 members (excludes halogenated alkanes) is 1. The van der Waals surface area contributed by atoms with Gasteiger partial charge in [0, 0.05) is 17.5 Å². The predicted molar refractivity (Wildman–Crippen MR) is 111 cm³/mol. The first-order valence-corrected chi connectivity index (χ1v) is 10.0. The van der Waals surface area contributed by atoms with Gasteiger partial charge >= 0.3 is 0 Å². The molecule has 3 rings (SSSR count). The summed E-state index contributed by atoms with van der Waals surface area (Å²) in [6.07, 6.45) is 6.25. The molecule has 1 aromatic heterocycles. The summed E-state index contributed by atoms with van der Waals surface area (Å²) in [4.78, 5) is 16.0. The van der Waals surface area contributed by atoms with Crippen LogP contribution in [-0.4, -0.2) is 10.8 Å². The fourth-order valence-electron chi connectivity index (χ4n) is 3.58. The van der Waals surface area contributed by atoms with E-state index >= 15 is 0 Å². The highest BCUT2D eigenvalue weighted by molar-refractivity contribution is 6.00. The normalized spacial score (nSPS) is 12.2. The van der Waals surface area contributed by atoms with Gasteiger partial charge < -0.3 is 4.98 Å². The second-order valence-electron chi connectivity index (χ2n) is 7.33. The third kappa shape index (κ3) is 4.22. The van der Waals surface area contributed by atoms with Gasteiger partial charge in [0.1, 0.15) is 5.82 Å². The number of benzene rings is 2. The minimum absolute atomic E-state index is 0.0648. The van der Waals surface area contributed by atoms with E-state index in [0.29, 0.717) is 23.8 Å². The Morgan fingerprint density at radius 2 is 1.82 bits per heavy atom. The zero-order chi connectivity index (χ0) is 20.1. The van der Waals surface area contributed by atoms with E-state index in [9.17, 15) is 9.18 Å². The van der Waals surface area contributed by atoms with Crippen LogP contribution in [0, 0.1) is 17.1 Å². The second kappa shape index (κ2) is 8.96. The summed E-state index contributed by atoms with van der Waals surface area (Å²) >= 11 is 0. The molecular weight excluding hydrogens is 351 g/mol. The van der Waals surface area contributed by atoms with E-state index in [0.717, 1.165) is 12.0 Å². The molecule has 0 bridgehead atoms. The fraction of sp³-hybridized carbons (Fsp3) is 0.333. The molecule has 0 fully saturated rings. The summed E-state index contributed by atoms with van der Waals surface area (Å²) in [6.45, 7) is 4.18. The minimum atomic E-state index is -0.416. The van der Waals surface area contributed by atoms with Gasteiger partial charge in [0.15, 0.2) is 5.78 Å². The number of ketones is 1. The van der Waals surface area contributed by atoms with Crippen molar-refractivity contribution in [1.29, 1.82) is 5.41 Å². The molecule has 0 aliphatic carbocycles. The number of hydrogen-bond donors (Lipinski definition) is 2. The van der Waals surface area contributed by atoms with Gasteiger partial charge in [-0.3, -0.25) is 10.2 Å². The number of carbonyl (C=O) groups is 1. The summed E-state index contributed by atoms with van der Waals surface area (Å²) in [5, 5.41) is 8.92. The summed E-state index contributed by atoms with van der Waals surface area (Å²) < 4.78 is 13.9. The minimum Gasteiger partial charge on any atom is -0.358 e. The van der Waals surface area contributed by atoms with Crippen LogP contribution in [0.2, 0.25) is 0 Å². The Morgan fingerprint density at radius 1 is 1.11 bits per heavy atom. The molecule has 0 amide bonds. The Morgan fingerprint density at radius 3 is 2.50 bits per heavy atom. The van der Waals surface area contributed by atoms with Gasteiger partial charge in [-0.25, -0.2) is 4.39 Å². The maximum atomic E-state index is 13.9. The van der Waals surface area contributed by atoms with Crippen molar-refractivity contribution in [2.75, 3.05) is 0 Å². The van der Waals surface area contributed by atoms with E-state index in [1.165, 1.54) is 30.7 Å². The number of aromatic amines is 1. The lowest BCUT2D eigenvalue weighted by Gasteiger charge is -2.15. The molecule has 0 saturated heterocycles. The third-order valence-corrected chi connectivity index (χ3v) is 5.37. The van der Waals surface area contributed by atoms with E-state index in [-0.39, 0.29) is 22.6 Å². The van der Waals surface area contributed by atoms with E-state index in [2.05, 4.69) is 36.2 Å². The molecule has 0 aliphatic rings. The van der Waals surface area contributed by atoms with Crippen molar-refractivity contribution in [3.63, 3.8) is 0 Å². The number of para-hydroxylation sites is 1. The van der Waals surface area contributed by atoms with E-state index in [1.807, 2.05) is 6.92 Å². The van der Waals surface area contributed by atoms with Crippen LogP contribution in [0.25, 0.3) is 10.9 Å². The Kier molecular flexibility index (Phi) is 6.40. The second-order valence-corrected chi connectivity index (χ2v) is 7.33. The Bertz CT molecular complexity index is 1020. The average Bonchev–Trinajstić information content (AvgIpc) is 2.72. The zero-order valence-corrected chi connectivity index (χ0v) is 16.5. The topological polar surface area (TPSA) is 56.7 Å². The molecule has 3 nitrogen and oxygen atoms in total. The lowest BCUT2D eigenvalue weighted by atomic mass is 9.89. The van der Waals surface area contributed by atoms with Gasteiger partial charge in [-0.05, 0) is 42.9 Å². The molecule has 0 aliphatic heterocycles. The molecule has 146 valence electrons. The molecule has 0 radical (unpaired) electrons. The molecule has 1 atom stereocenters. The number of aromatic nitrogens is 1. The Labute approximate surface area is 165 Å². The summed E-state index contributed by atoms with van der Waals surface area (Å²) in [5.41, 5.74) is 3.04. The number of aryl methyl sites for hydroxylation is 1. The first kappa shape index (κ1) is 20.0. The first-order chi connectivity index (χ1) is 13.5. The number of halogens is 1. The van der Waals surface area contributed by atoms with Gasteiger partial charge in [-0.2, -0.15) is 0 Å². The van der Waals surface area contributed by atoms with Crippen LogP contribution >= 0.6 is 0 Å². The maximum absolute atomic E-state index is 13.9. The lowest BCUT2D eigenvalue weighted by molar-refractivity contribution is 0.0914. The third-order valence-electron chi connectivity index (χ3n) is 5.37. The van der Waals surface area contributed by atoms with Crippen molar-refractivity contribution in [3.8, 4) is 0 Å². The van der Waals surface area contributed by atoms with Crippen LogP contribution in [0.5, 0.6) is 0 Å². The molecule has 1 unspecified atom stereocenters. The van der Waals surface area contributed by atoms with Gasteiger partial charge in [0.05, 0.1) is 16.4 Å². The number of Topliss-reactive ketones (excluding diaryl/α,β-unsaturated/α-hetero) is 1. The molecule has 2 aromatic carbocycles. The van der Waals surface area contributed by atoms with Gasteiger partial charge in [-0.15, -0.1) is 0 Å². The van der Waals surface area contributed by atoms with Crippen LogP contribution in [0.4, 0.5) is 4.39 Å². The van der Waals surface area contributed by atoms with Gasteiger partial charge in [0.25, 0.3) is 0 Å². The number of rotatable bonds is 8. The maximum Gasteiger partial charge on any atom is 0.169 e. The monoisotopic (exact) mass is 378 g/mol.